The molecule has 1 aliphatic rings. The quantitative estimate of drug-likeness (QED) is 0.420. The lowest BCUT2D eigenvalue weighted by Crippen LogP contribution is -2.40. The molecule has 0 N–H and O–H groups in total. The van der Waals surface area contributed by atoms with Gasteiger partial charge in [-0.05, 0) is 56.2 Å². The van der Waals surface area contributed by atoms with E-state index in [1.165, 1.54) is 11.3 Å². The molecule has 9 heteroatoms. The zero-order valence-electron chi connectivity index (χ0n) is 17.0. The second-order valence-corrected chi connectivity index (χ2v) is 8.91. The summed E-state index contributed by atoms with van der Waals surface area (Å²) in [5, 5.41) is 1.47. The van der Waals surface area contributed by atoms with Crippen LogP contribution >= 0.6 is 34.5 Å². The van der Waals surface area contributed by atoms with E-state index < -0.39 is 0 Å². The summed E-state index contributed by atoms with van der Waals surface area (Å²) in [5.41, 5.74) is 0.815. The molecule has 2 heterocycles. The van der Waals surface area contributed by atoms with Crippen LogP contribution in [0.3, 0.4) is 0 Å². The van der Waals surface area contributed by atoms with E-state index in [4.69, 9.17) is 37.4 Å². The Morgan fingerprint density at radius 3 is 2.87 bits per heavy atom. The van der Waals surface area contributed by atoms with Crippen molar-refractivity contribution in [2.45, 2.75) is 25.9 Å². The normalized spacial score (nSPS) is 15.9. The zero-order chi connectivity index (χ0) is 21.8. The Labute approximate surface area is 194 Å². The van der Waals surface area contributed by atoms with Gasteiger partial charge in [0.15, 0.2) is 11.7 Å². The molecule has 1 unspecified atom stereocenters. The van der Waals surface area contributed by atoms with E-state index in [1.54, 1.807) is 23.1 Å². The highest BCUT2D eigenvalue weighted by molar-refractivity contribution is 7.22. The lowest BCUT2D eigenvalue weighted by molar-refractivity contribution is -0.120. The maximum absolute atomic E-state index is 13.1. The predicted octanol–water partition coefficient (Wildman–Crippen LogP) is 5.59. The maximum Gasteiger partial charge on any atom is 0.266 e. The predicted molar refractivity (Wildman–Crippen MR) is 124 cm³/mol. The molecule has 3 aromatic rings. The SMILES string of the molecule is CCOc1ccc2nc(N(CC3CCCO3)C(=O)COc3ccc(Cl)cc3Cl)sc2c1. The highest BCUT2D eigenvalue weighted by atomic mass is 35.5. The molecule has 1 fully saturated rings. The van der Waals surface area contributed by atoms with Gasteiger partial charge in [-0.2, -0.15) is 0 Å². The van der Waals surface area contributed by atoms with E-state index in [0.29, 0.717) is 40.7 Å². The molecule has 0 spiro atoms. The standard InChI is InChI=1S/C22H22Cl2N2O4S/c1-2-28-15-6-7-18-20(11-15)31-22(25-18)26(12-16-4-3-9-29-16)21(27)13-30-19-8-5-14(23)10-17(19)24/h5-8,10-11,16H,2-4,9,12-13H2,1H3. The molecule has 1 amide bonds. The molecule has 1 aromatic heterocycles. The zero-order valence-corrected chi connectivity index (χ0v) is 19.3. The highest BCUT2D eigenvalue weighted by Crippen LogP contribution is 2.33. The van der Waals surface area contributed by atoms with Gasteiger partial charge in [-0.3, -0.25) is 9.69 Å². The lowest BCUT2D eigenvalue weighted by atomic mass is 10.2. The van der Waals surface area contributed by atoms with Crippen LogP contribution in [0.1, 0.15) is 19.8 Å². The van der Waals surface area contributed by atoms with Gasteiger partial charge in [0.1, 0.15) is 11.5 Å². The van der Waals surface area contributed by atoms with Gasteiger partial charge >= 0.3 is 0 Å². The molecule has 0 aliphatic carbocycles. The van der Waals surface area contributed by atoms with Crippen LogP contribution in [0.25, 0.3) is 10.2 Å². The second-order valence-electron chi connectivity index (χ2n) is 7.06. The average Bonchev–Trinajstić information content (AvgIpc) is 3.40. The number of nitrogens with zero attached hydrogens (tertiary/aromatic N) is 2. The van der Waals surface area contributed by atoms with Crippen LogP contribution in [-0.2, 0) is 9.53 Å². The summed E-state index contributed by atoms with van der Waals surface area (Å²) in [7, 11) is 0. The number of amides is 1. The van der Waals surface area contributed by atoms with Crippen LogP contribution in [0.5, 0.6) is 11.5 Å². The number of rotatable bonds is 8. The van der Waals surface area contributed by atoms with Crippen molar-refractivity contribution in [3.63, 3.8) is 0 Å². The van der Waals surface area contributed by atoms with Gasteiger partial charge in [-0.1, -0.05) is 34.5 Å². The number of carbonyl (C=O) groups excluding carboxylic acids is 1. The monoisotopic (exact) mass is 480 g/mol. The Balaban J connectivity index is 1.55. The molecule has 31 heavy (non-hydrogen) atoms. The van der Waals surface area contributed by atoms with Crippen LogP contribution in [0.4, 0.5) is 5.13 Å². The van der Waals surface area contributed by atoms with Crippen LogP contribution < -0.4 is 14.4 Å². The van der Waals surface area contributed by atoms with E-state index >= 15 is 0 Å². The third-order valence-corrected chi connectivity index (χ3v) is 6.42. The summed E-state index contributed by atoms with van der Waals surface area (Å²) in [6.07, 6.45) is 1.88. The first-order chi connectivity index (χ1) is 15.0. The number of benzene rings is 2. The Morgan fingerprint density at radius 2 is 2.13 bits per heavy atom. The summed E-state index contributed by atoms with van der Waals surface area (Å²) in [6, 6.07) is 10.6. The molecule has 4 rings (SSSR count). The number of hydrogen-bond donors (Lipinski definition) is 0. The first-order valence-corrected chi connectivity index (χ1v) is 11.6. The van der Waals surface area contributed by atoms with Gasteiger partial charge in [0.25, 0.3) is 5.91 Å². The molecule has 0 bridgehead atoms. The smallest absolute Gasteiger partial charge is 0.266 e. The fraction of sp³-hybridized carbons (Fsp3) is 0.364. The summed E-state index contributed by atoms with van der Waals surface area (Å²) < 4.78 is 18.0. The molecule has 0 saturated carbocycles. The van der Waals surface area contributed by atoms with Crippen molar-refractivity contribution < 1.29 is 19.0 Å². The van der Waals surface area contributed by atoms with E-state index in [0.717, 1.165) is 28.8 Å². The second kappa shape index (κ2) is 10.0. The molecule has 0 radical (unpaired) electrons. The first kappa shape index (κ1) is 22.1. The average molecular weight is 481 g/mol. The summed E-state index contributed by atoms with van der Waals surface area (Å²) in [5.74, 6) is 0.968. The molecular weight excluding hydrogens is 459 g/mol. The van der Waals surface area contributed by atoms with Crippen molar-refractivity contribution in [1.82, 2.24) is 4.98 Å². The topological polar surface area (TPSA) is 60.9 Å². The van der Waals surface area contributed by atoms with Gasteiger partial charge in [0.05, 0.1) is 34.5 Å². The van der Waals surface area contributed by atoms with Crippen molar-refractivity contribution in [3.8, 4) is 11.5 Å². The fourth-order valence-corrected chi connectivity index (χ4v) is 4.84. The van der Waals surface area contributed by atoms with Gasteiger partial charge in [-0.15, -0.1) is 0 Å². The summed E-state index contributed by atoms with van der Waals surface area (Å²) in [6.45, 7) is 3.49. The number of halogens is 2. The van der Waals surface area contributed by atoms with Crippen LogP contribution in [0.15, 0.2) is 36.4 Å². The van der Waals surface area contributed by atoms with Crippen molar-refractivity contribution in [2.24, 2.45) is 0 Å². The summed E-state index contributed by atoms with van der Waals surface area (Å²) in [4.78, 5) is 19.5. The first-order valence-electron chi connectivity index (χ1n) is 10.1. The minimum Gasteiger partial charge on any atom is -0.494 e. The van der Waals surface area contributed by atoms with Crippen LogP contribution in [0, 0.1) is 0 Å². The van der Waals surface area contributed by atoms with E-state index in [1.807, 2.05) is 25.1 Å². The van der Waals surface area contributed by atoms with Gasteiger partial charge in [0.2, 0.25) is 0 Å². The Morgan fingerprint density at radius 1 is 1.26 bits per heavy atom. The maximum atomic E-state index is 13.1. The molecule has 164 valence electrons. The molecule has 6 nitrogen and oxygen atoms in total. The van der Waals surface area contributed by atoms with Crippen molar-refractivity contribution in [1.29, 1.82) is 0 Å². The van der Waals surface area contributed by atoms with Crippen LogP contribution in [0.2, 0.25) is 10.0 Å². The molecular formula is C22H22Cl2N2O4S. The van der Waals surface area contributed by atoms with E-state index in [2.05, 4.69) is 4.98 Å². The number of fused-ring (bicyclic) bond motifs is 1. The highest BCUT2D eigenvalue weighted by Gasteiger charge is 2.26. The minimum absolute atomic E-state index is 0.0194. The fourth-order valence-electron chi connectivity index (χ4n) is 3.35. The largest absolute Gasteiger partial charge is 0.494 e. The van der Waals surface area contributed by atoms with E-state index in [9.17, 15) is 4.79 Å². The number of aromatic nitrogens is 1. The Bertz CT molecular complexity index is 1070. The van der Waals surface area contributed by atoms with Crippen molar-refractivity contribution >= 4 is 55.8 Å². The van der Waals surface area contributed by atoms with Crippen molar-refractivity contribution in [3.05, 3.63) is 46.4 Å². The number of anilines is 1. The Kier molecular flexibility index (Phi) is 7.17. The Hall–Kier alpha value is -2.06. The number of thiazole rings is 1. The third-order valence-electron chi connectivity index (χ3n) is 4.85. The third kappa shape index (κ3) is 5.41. The van der Waals surface area contributed by atoms with Gasteiger partial charge in [0, 0.05) is 11.6 Å². The van der Waals surface area contributed by atoms with Gasteiger partial charge < -0.3 is 14.2 Å². The number of hydrogen-bond acceptors (Lipinski definition) is 6. The molecule has 2 aromatic carbocycles. The minimum atomic E-state index is -0.217. The molecule has 1 aliphatic heterocycles. The van der Waals surface area contributed by atoms with Gasteiger partial charge in [-0.25, -0.2) is 4.98 Å². The lowest BCUT2D eigenvalue weighted by Gasteiger charge is -2.23. The van der Waals surface area contributed by atoms with E-state index in [-0.39, 0.29) is 18.6 Å². The number of ether oxygens (including phenoxy) is 3. The number of carbonyl (C=O) groups is 1. The molecule has 1 atom stereocenters. The van der Waals surface area contributed by atoms with Crippen molar-refractivity contribution in [2.75, 3.05) is 31.3 Å². The van der Waals surface area contributed by atoms with Crippen LogP contribution in [-0.4, -0.2) is 43.4 Å². The molecule has 1 saturated heterocycles. The summed E-state index contributed by atoms with van der Waals surface area (Å²) >= 11 is 13.5.